The van der Waals surface area contributed by atoms with Gasteiger partial charge in [0, 0.05) is 42.8 Å². The number of rotatable bonds is 4. The Morgan fingerprint density at radius 2 is 2.07 bits per heavy atom. The number of fused-ring (bicyclic) bond motifs is 1. The molecule has 7 nitrogen and oxygen atoms in total. The molecule has 3 aromatic rings. The summed E-state index contributed by atoms with van der Waals surface area (Å²) in [5, 5.41) is 7.13. The molecule has 0 saturated carbocycles. The molecular formula is C19H19N5O2S. The van der Waals surface area contributed by atoms with E-state index < -0.39 is 11.8 Å². The Bertz CT molecular complexity index is 995. The average Bonchev–Trinajstić information content (AvgIpc) is 3.26. The van der Waals surface area contributed by atoms with Crippen molar-refractivity contribution < 1.29 is 9.59 Å². The zero-order valence-electron chi connectivity index (χ0n) is 14.8. The van der Waals surface area contributed by atoms with E-state index in [0.717, 1.165) is 21.8 Å². The van der Waals surface area contributed by atoms with Gasteiger partial charge in [-0.25, -0.2) is 4.98 Å². The molecule has 2 aromatic heterocycles. The van der Waals surface area contributed by atoms with Crippen LogP contribution in [0.5, 0.6) is 0 Å². The first-order chi connectivity index (χ1) is 13.0. The van der Waals surface area contributed by atoms with Crippen molar-refractivity contribution in [2.75, 3.05) is 6.54 Å². The molecule has 0 spiro atoms. The molecule has 0 fully saturated rings. The molecule has 138 valence electrons. The topological polar surface area (TPSA) is 94.1 Å². The summed E-state index contributed by atoms with van der Waals surface area (Å²) in [7, 11) is 1.79. The quantitative estimate of drug-likeness (QED) is 0.744. The maximum absolute atomic E-state index is 12.8. The van der Waals surface area contributed by atoms with Crippen LogP contribution in [0.2, 0.25) is 0 Å². The zero-order chi connectivity index (χ0) is 19.0. The second-order valence-electron chi connectivity index (χ2n) is 6.63. The first-order valence-electron chi connectivity index (χ1n) is 8.60. The van der Waals surface area contributed by atoms with E-state index in [4.69, 9.17) is 5.73 Å². The molecule has 1 aliphatic heterocycles. The fraction of sp³-hybridized carbons (Fsp3) is 0.263. The van der Waals surface area contributed by atoms with Crippen LogP contribution in [0.15, 0.2) is 41.9 Å². The fourth-order valence-electron chi connectivity index (χ4n) is 3.33. The lowest BCUT2D eigenvalue weighted by Gasteiger charge is -2.30. The Morgan fingerprint density at radius 3 is 2.81 bits per heavy atom. The highest BCUT2D eigenvalue weighted by atomic mass is 32.1. The molecule has 2 N–H and O–H groups in total. The summed E-state index contributed by atoms with van der Waals surface area (Å²) < 4.78 is 1.65. The molecule has 2 amide bonds. The third kappa shape index (κ3) is 3.48. The van der Waals surface area contributed by atoms with Crippen LogP contribution in [-0.4, -0.2) is 38.0 Å². The summed E-state index contributed by atoms with van der Waals surface area (Å²) >= 11 is 1.52. The lowest BCUT2D eigenvalue weighted by atomic mass is 9.95. The number of thiazole rings is 1. The van der Waals surface area contributed by atoms with Crippen molar-refractivity contribution in [1.29, 1.82) is 0 Å². The summed E-state index contributed by atoms with van der Waals surface area (Å²) in [6.07, 6.45) is 2.03. The summed E-state index contributed by atoms with van der Waals surface area (Å²) in [6.45, 7) is 0.690. The highest BCUT2D eigenvalue weighted by molar-refractivity contribution is 7.13. The van der Waals surface area contributed by atoms with Crippen LogP contribution in [0.3, 0.4) is 0 Å². The molecule has 1 unspecified atom stereocenters. The maximum Gasteiger partial charge on any atom is 0.228 e. The van der Waals surface area contributed by atoms with Crippen molar-refractivity contribution in [2.45, 2.75) is 18.9 Å². The van der Waals surface area contributed by atoms with Gasteiger partial charge in [-0.05, 0) is 0 Å². The summed E-state index contributed by atoms with van der Waals surface area (Å²) in [6, 6.07) is 9.88. The van der Waals surface area contributed by atoms with E-state index in [1.807, 2.05) is 41.9 Å². The fourth-order valence-corrected chi connectivity index (χ4v) is 4.16. The highest BCUT2D eigenvalue weighted by Gasteiger charge is 2.34. The number of amides is 2. The Balaban J connectivity index is 1.51. The molecule has 4 rings (SSSR count). The number of carbonyl (C=O) groups is 2. The summed E-state index contributed by atoms with van der Waals surface area (Å²) in [5.74, 6) is -1.11. The van der Waals surface area contributed by atoms with Crippen molar-refractivity contribution in [3.63, 3.8) is 0 Å². The van der Waals surface area contributed by atoms with Gasteiger partial charge in [-0.1, -0.05) is 30.3 Å². The van der Waals surface area contributed by atoms with E-state index in [9.17, 15) is 9.59 Å². The minimum atomic E-state index is -0.575. The maximum atomic E-state index is 12.8. The van der Waals surface area contributed by atoms with Gasteiger partial charge in [0.2, 0.25) is 11.8 Å². The molecule has 1 aliphatic rings. The Morgan fingerprint density at radius 1 is 1.30 bits per heavy atom. The van der Waals surface area contributed by atoms with E-state index in [1.54, 1.807) is 16.6 Å². The lowest BCUT2D eigenvalue weighted by Crippen LogP contribution is -2.42. The zero-order valence-corrected chi connectivity index (χ0v) is 15.6. The van der Waals surface area contributed by atoms with E-state index in [2.05, 4.69) is 10.1 Å². The SMILES string of the molecule is Cn1cc2c(n1)C(C(N)=O)CN(C(=O)Cc1csc(-c3ccccc3)n1)C2. The molecule has 0 bridgehead atoms. The molecule has 0 radical (unpaired) electrons. The van der Waals surface area contributed by atoms with Gasteiger partial charge in [0.15, 0.2) is 0 Å². The minimum Gasteiger partial charge on any atom is -0.369 e. The van der Waals surface area contributed by atoms with Crippen LogP contribution < -0.4 is 5.73 Å². The predicted octanol–water partition coefficient (Wildman–Crippen LogP) is 1.70. The predicted molar refractivity (Wildman–Crippen MR) is 102 cm³/mol. The molecule has 0 aliphatic carbocycles. The van der Waals surface area contributed by atoms with Crippen LogP contribution in [0.1, 0.15) is 22.9 Å². The number of hydrogen-bond donors (Lipinski definition) is 1. The Labute approximate surface area is 160 Å². The summed E-state index contributed by atoms with van der Waals surface area (Å²) in [5.41, 5.74) is 8.85. The van der Waals surface area contributed by atoms with Crippen molar-refractivity contribution in [2.24, 2.45) is 12.8 Å². The standard InChI is InChI=1S/C19H19N5O2S/c1-23-8-13-9-24(10-15(18(20)26)17(13)22-23)16(25)7-14-11-27-19(21-14)12-5-3-2-4-6-12/h2-6,8,11,15H,7,9-10H2,1H3,(H2,20,26). The second-order valence-corrected chi connectivity index (χ2v) is 7.49. The third-order valence-corrected chi connectivity index (χ3v) is 5.57. The monoisotopic (exact) mass is 381 g/mol. The Kier molecular flexibility index (Phi) is 4.49. The highest BCUT2D eigenvalue weighted by Crippen LogP contribution is 2.28. The lowest BCUT2D eigenvalue weighted by molar-refractivity contribution is -0.132. The van der Waals surface area contributed by atoms with Gasteiger partial charge in [-0.3, -0.25) is 14.3 Å². The van der Waals surface area contributed by atoms with Gasteiger partial charge >= 0.3 is 0 Å². The van der Waals surface area contributed by atoms with E-state index in [0.29, 0.717) is 12.2 Å². The van der Waals surface area contributed by atoms with Gasteiger partial charge in [0.25, 0.3) is 0 Å². The smallest absolute Gasteiger partial charge is 0.228 e. The van der Waals surface area contributed by atoms with Gasteiger partial charge in [0.1, 0.15) is 5.01 Å². The average molecular weight is 381 g/mol. The van der Waals surface area contributed by atoms with Crippen LogP contribution in [0.4, 0.5) is 0 Å². The van der Waals surface area contributed by atoms with Gasteiger partial charge in [-0.15, -0.1) is 11.3 Å². The molecule has 1 atom stereocenters. The number of aryl methyl sites for hydroxylation is 1. The van der Waals surface area contributed by atoms with Crippen LogP contribution in [0.25, 0.3) is 10.6 Å². The van der Waals surface area contributed by atoms with Gasteiger partial charge in [0.05, 0.1) is 23.7 Å². The number of hydrogen-bond acceptors (Lipinski definition) is 5. The van der Waals surface area contributed by atoms with Crippen LogP contribution in [0, 0.1) is 0 Å². The number of nitrogens with zero attached hydrogens (tertiary/aromatic N) is 4. The first kappa shape index (κ1) is 17.4. The molecule has 1 aromatic carbocycles. The Hall–Kier alpha value is -3.00. The van der Waals surface area contributed by atoms with Crippen LogP contribution >= 0.6 is 11.3 Å². The minimum absolute atomic E-state index is 0.0688. The van der Waals surface area contributed by atoms with Crippen molar-refractivity contribution in [3.05, 3.63) is 58.9 Å². The number of carbonyl (C=O) groups excluding carboxylic acids is 2. The first-order valence-corrected chi connectivity index (χ1v) is 9.48. The summed E-state index contributed by atoms with van der Waals surface area (Å²) in [4.78, 5) is 30.9. The normalized spacial score (nSPS) is 16.2. The number of primary amides is 1. The van der Waals surface area contributed by atoms with E-state index in [-0.39, 0.29) is 18.9 Å². The second kappa shape index (κ2) is 6.96. The number of aromatic nitrogens is 3. The van der Waals surface area contributed by atoms with E-state index >= 15 is 0 Å². The molecule has 0 saturated heterocycles. The molecular weight excluding hydrogens is 362 g/mol. The van der Waals surface area contributed by atoms with Crippen molar-refractivity contribution in [1.82, 2.24) is 19.7 Å². The third-order valence-electron chi connectivity index (χ3n) is 4.63. The van der Waals surface area contributed by atoms with Crippen molar-refractivity contribution >= 4 is 23.2 Å². The van der Waals surface area contributed by atoms with Gasteiger partial charge < -0.3 is 10.6 Å². The van der Waals surface area contributed by atoms with Crippen molar-refractivity contribution in [3.8, 4) is 10.6 Å². The van der Waals surface area contributed by atoms with Crippen LogP contribution in [-0.2, 0) is 29.6 Å². The van der Waals surface area contributed by atoms with Gasteiger partial charge in [-0.2, -0.15) is 5.10 Å². The number of nitrogens with two attached hydrogens (primary N) is 1. The number of benzene rings is 1. The molecule has 8 heteroatoms. The van der Waals surface area contributed by atoms with E-state index in [1.165, 1.54) is 11.3 Å². The largest absolute Gasteiger partial charge is 0.369 e. The molecule has 3 heterocycles. The molecule has 27 heavy (non-hydrogen) atoms.